The molecule has 1 N–H and O–H groups in total. The topological polar surface area (TPSA) is 71.2 Å². The zero-order valence-corrected chi connectivity index (χ0v) is 11.5. The van der Waals surface area contributed by atoms with Gasteiger partial charge in [-0.05, 0) is 34.7 Å². The van der Waals surface area contributed by atoms with E-state index in [0.29, 0.717) is 0 Å². The second-order valence-corrected chi connectivity index (χ2v) is 4.88. The Labute approximate surface area is 118 Å². The fraction of sp³-hybridized carbons (Fsp3) is 0.300. The lowest BCUT2D eigenvalue weighted by molar-refractivity contribution is -0.166. The fourth-order valence-corrected chi connectivity index (χ4v) is 2.13. The van der Waals surface area contributed by atoms with Crippen LogP contribution in [0.3, 0.4) is 0 Å². The molecular weight excluding hydrogens is 380 g/mol. The Morgan fingerprint density at radius 3 is 2.42 bits per heavy atom. The van der Waals surface area contributed by atoms with Crippen LogP contribution < -0.4 is 0 Å². The first-order valence-electron chi connectivity index (χ1n) is 4.85. The minimum absolute atomic E-state index is 0.0800. The average molecular weight is 386 g/mol. The number of carbonyl (C=O) groups excluding carboxylic acids is 1. The predicted octanol–water partition coefficient (Wildman–Crippen LogP) is 2.96. The third-order valence-electron chi connectivity index (χ3n) is 2.57. The first-order valence-corrected chi connectivity index (χ1v) is 5.93. The molecule has 2 rings (SSSR count). The standard InChI is InChI=1S/C10H6F3IN2O3/c1-19-8(18)5-2-4(3-6(14)7(5)17)9(15-16-9)10(11,12)13/h2-3,17H,1H3. The number of methoxy groups -OCH3 is 1. The molecule has 0 atom stereocenters. The molecule has 0 saturated carbocycles. The van der Waals surface area contributed by atoms with Crippen molar-refractivity contribution in [3.05, 3.63) is 26.8 Å². The maximum atomic E-state index is 12.9. The molecule has 1 aromatic rings. The Balaban J connectivity index is 2.56. The highest BCUT2D eigenvalue weighted by Crippen LogP contribution is 2.53. The van der Waals surface area contributed by atoms with Gasteiger partial charge in [-0.15, -0.1) is 10.2 Å². The number of aromatic hydroxyl groups is 1. The summed E-state index contributed by atoms with van der Waals surface area (Å²) < 4.78 is 43.1. The summed E-state index contributed by atoms with van der Waals surface area (Å²) in [5.41, 5.74) is -3.32. The highest BCUT2D eigenvalue weighted by Gasteiger charge is 2.65. The van der Waals surface area contributed by atoms with Gasteiger partial charge in [0.05, 0.1) is 10.7 Å². The largest absolute Gasteiger partial charge is 0.506 e. The van der Waals surface area contributed by atoms with Crippen LogP contribution in [-0.2, 0) is 10.4 Å². The Morgan fingerprint density at radius 2 is 2.00 bits per heavy atom. The van der Waals surface area contributed by atoms with Crippen molar-refractivity contribution in [2.75, 3.05) is 7.11 Å². The van der Waals surface area contributed by atoms with Gasteiger partial charge in [-0.25, -0.2) is 4.79 Å². The van der Waals surface area contributed by atoms with Crippen molar-refractivity contribution in [3.63, 3.8) is 0 Å². The molecule has 9 heteroatoms. The van der Waals surface area contributed by atoms with Crippen molar-refractivity contribution in [1.29, 1.82) is 0 Å². The van der Waals surface area contributed by atoms with E-state index in [1.54, 1.807) is 22.6 Å². The van der Waals surface area contributed by atoms with E-state index in [1.807, 2.05) is 0 Å². The zero-order valence-electron chi connectivity index (χ0n) is 9.32. The molecule has 0 radical (unpaired) electrons. The maximum absolute atomic E-state index is 12.9. The van der Waals surface area contributed by atoms with E-state index in [-0.39, 0.29) is 14.7 Å². The molecule has 0 unspecified atom stereocenters. The Hall–Kier alpha value is -1.39. The number of halogens is 4. The number of alkyl halides is 3. The van der Waals surface area contributed by atoms with Crippen molar-refractivity contribution >= 4 is 28.6 Å². The van der Waals surface area contributed by atoms with Crippen LogP contribution in [0.4, 0.5) is 13.2 Å². The summed E-state index contributed by atoms with van der Waals surface area (Å²) in [5, 5.41) is 15.7. The highest BCUT2D eigenvalue weighted by molar-refractivity contribution is 14.1. The summed E-state index contributed by atoms with van der Waals surface area (Å²) in [6.07, 6.45) is -4.69. The molecule has 0 saturated heterocycles. The predicted molar refractivity (Wildman–Crippen MR) is 64.8 cm³/mol. The number of rotatable bonds is 2. The summed E-state index contributed by atoms with van der Waals surface area (Å²) in [7, 11) is 1.06. The number of hydrogen-bond donors (Lipinski definition) is 1. The van der Waals surface area contributed by atoms with E-state index in [1.165, 1.54) is 0 Å². The second kappa shape index (κ2) is 4.32. The van der Waals surface area contributed by atoms with Crippen LogP contribution in [0.15, 0.2) is 22.4 Å². The van der Waals surface area contributed by atoms with Gasteiger partial charge in [0.1, 0.15) is 11.3 Å². The summed E-state index contributed by atoms with van der Waals surface area (Å²) in [5.74, 6) is -1.37. The van der Waals surface area contributed by atoms with Crippen molar-refractivity contribution in [2.24, 2.45) is 10.2 Å². The van der Waals surface area contributed by atoms with E-state index in [4.69, 9.17) is 0 Å². The minimum atomic E-state index is -4.69. The molecule has 1 aromatic carbocycles. The van der Waals surface area contributed by atoms with E-state index >= 15 is 0 Å². The number of carbonyl (C=O) groups is 1. The van der Waals surface area contributed by atoms with Gasteiger partial charge < -0.3 is 9.84 Å². The third-order valence-corrected chi connectivity index (χ3v) is 3.39. The first-order chi connectivity index (χ1) is 8.73. The van der Waals surface area contributed by atoms with E-state index in [0.717, 1.165) is 19.2 Å². The lowest BCUT2D eigenvalue weighted by atomic mass is 10.00. The maximum Gasteiger partial charge on any atom is 0.442 e. The molecular formula is C10H6F3IN2O3. The SMILES string of the molecule is COC(=O)c1cc(C2(C(F)(F)F)N=N2)cc(I)c1O. The Morgan fingerprint density at radius 1 is 1.42 bits per heavy atom. The van der Waals surface area contributed by atoms with Gasteiger partial charge in [-0.1, -0.05) is 0 Å². The molecule has 0 fully saturated rings. The van der Waals surface area contributed by atoms with Crippen LogP contribution in [0.5, 0.6) is 5.75 Å². The molecule has 0 spiro atoms. The van der Waals surface area contributed by atoms with Crippen molar-refractivity contribution in [2.45, 2.75) is 11.8 Å². The van der Waals surface area contributed by atoms with Crippen LogP contribution in [0, 0.1) is 3.57 Å². The summed E-state index contributed by atoms with van der Waals surface area (Å²) in [6.45, 7) is 0. The summed E-state index contributed by atoms with van der Waals surface area (Å²) >= 11 is 1.61. The van der Waals surface area contributed by atoms with Gasteiger partial charge >= 0.3 is 17.8 Å². The summed E-state index contributed by atoms with van der Waals surface area (Å²) in [4.78, 5) is 11.4. The molecule has 0 aromatic heterocycles. The normalized spacial score (nSPS) is 16.3. The zero-order chi connectivity index (χ0) is 14.4. The fourth-order valence-electron chi connectivity index (χ4n) is 1.51. The van der Waals surface area contributed by atoms with Crippen LogP contribution in [0.25, 0.3) is 0 Å². The summed E-state index contributed by atoms with van der Waals surface area (Å²) in [6, 6.07) is 1.96. The number of benzene rings is 1. The molecule has 0 bridgehead atoms. The average Bonchev–Trinajstić information content (AvgIpc) is 3.12. The lowest BCUT2D eigenvalue weighted by Gasteiger charge is -2.16. The first kappa shape index (κ1) is 14.0. The number of esters is 1. The number of phenols is 1. The van der Waals surface area contributed by atoms with Crippen LogP contribution in [-0.4, -0.2) is 24.4 Å². The lowest BCUT2D eigenvalue weighted by Crippen LogP contribution is -2.30. The van der Waals surface area contributed by atoms with E-state index in [9.17, 15) is 23.1 Å². The van der Waals surface area contributed by atoms with E-state index in [2.05, 4.69) is 15.0 Å². The van der Waals surface area contributed by atoms with Crippen molar-refractivity contribution in [3.8, 4) is 5.75 Å². The monoisotopic (exact) mass is 386 g/mol. The third kappa shape index (κ3) is 2.15. The Kier molecular flexibility index (Phi) is 3.19. The second-order valence-electron chi connectivity index (χ2n) is 3.72. The molecule has 102 valence electrons. The van der Waals surface area contributed by atoms with Crippen LogP contribution in [0.1, 0.15) is 15.9 Å². The van der Waals surface area contributed by atoms with Gasteiger partial charge in [-0.3, -0.25) is 0 Å². The molecule has 1 heterocycles. The quantitative estimate of drug-likeness (QED) is 0.628. The van der Waals surface area contributed by atoms with Crippen molar-refractivity contribution < 1.29 is 27.8 Å². The molecule has 19 heavy (non-hydrogen) atoms. The molecule has 1 aliphatic rings. The molecule has 1 aliphatic heterocycles. The van der Waals surface area contributed by atoms with Gasteiger partial charge in [-0.2, -0.15) is 13.2 Å². The van der Waals surface area contributed by atoms with Crippen LogP contribution >= 0.6 is 22.6 Å². The van der Waals surface area contributed by atoms with Gasteiger partial charge in [0.25, 0.3) is 0 Å². The highest BCUT2D eigenvalue weighted by atomic mass is 127. The van der Waals surface area contributed by atoms with Crippen LogP contribution in [0.2, 0.25) is 0 Å². The number of phenolic OH excluding ortho intramolecular Hbond substituents is 1. The van der Waals surface area contributed by atoms with Gasteiger partial charge in [0, 0.05) is 5.56 Å². The minimum Gasteiger partial charge on any atom is -0.506 e. The molecule has 5 nitrogen and oxygen atoms in total. The van der Waals surface area contributed by atoms with Gasteiger partial charge in [0.2, 0.25) is 0 Å². The van der Waals surface area contributed by atoms with Gasteiger partial charge in [0.15, 0.2) is 0 Å². The number of ether oxygens (including phenoxy) is 1. The van der Waals surface area contributed by atoms with E-state index < -0.39 is 23.6 Å². The smallest absolute Gasteiger partial charge is 0.442 e. The number of hydrogen-bond acceptors (Lipinski definition) is 5. The Bertz CT molecular complexity index is 580. The van der Waals surface area contributed by atoms with Crippen molar-refractivity contribution in [1.82, 2.24) is 0 Å². The molecule has 0 aliphatic carbocycles. The molecule has 0 amide bonds. The number of nitrogens with zero attached hydrogens (tertiary/aromatic N) is 2.